The van der Waals surface area contributed by atoms with Gasteiger partial charge in [0.1, 0.15) is 12.4 Å². The molecule has 0 saturated heterocycles. The number of carbonyl (C=O) groups is 2. The predicted molar refractivity (Wildman–Crippen MR) is 119 cm³/mol. The third-order valence-corrected chi connectivity index (χ3v) is 5.86. The number of fused-ring (bicyclic) bond motifs is 1. The van der Waals surface area contributed by atoms with Gasteiger partial charge in [-0.25, -0.2) is 0 Å². The number of amides is 2. The van der Waals surface area contributed by atoms with Crippen molar-refractivity contribution in [1.82, 2.24) is 9.80 Å². The van der Waals surface area contributed by atoms with Crippen LogP contribution in [-0.4, -0.2) is 80.3 Å². The maximum atomic E-state index is 13.2. The van der Waals surface area contributed by atoms with Gasteiger partial charge in [-0.1, -0.05) is 13.8 Å². The molecule has 2 rings (SSSR count). The number of alkyl halides is 3. The maximum Gasteiger partial charge on any atom is 0.390 e. The molecule has 0 spiro atoms. The number of methoxy groups -OCH3 is 1. The largest absolute Gasteiger partial charge is 0.491 e. The van der Waals surface area contributed by atoms with Gasteiger partial charge in [0, 0.05) is 51.9 Å². The summed E-state index contributed by atoms with van der Waals surface area (Å²) < 4.78 is 50.3. The molecular weight excluding hydrogens is 439 g/mol. The molecule has 0 radical (unpaired) electrons. The Balaban J connectivity index is 2.39. The summed E-state index contributed by atoms with van der Waals surface area (Å²) in [6.45, 7) is 6.01. The maximum absolute atomic E-state index is 13.2. The Morgan fingerprint density at radius 3 is 2.58 bits per heavy atom. The van der Waals surface area contributed by atoms with E-state index in [9.17, 15) is 22.8 Å². The third kappa shape index (κ3) is 7.89. The molecule has 0 aromatic heterocycles. The summed E-state index contributed by atoms with van der Waals surface area (Å²) in [4.78, 5) is 28.3. The van der Waals surface area contributed by atoms with Crippen LogP contribution in [-0.2, 0) is 9.53 Å². The lowest BCUT2D eigenvalue weighted by molar-refractivity contribution is -0.140. The summed E-state index contributed by atoms with van der Waals surface area (Å²) in [6.07, 6.45) is -5.25. The van der Waals surface area contributed by atoms with E-state index in [4.69, 9.17) is 9.47 Å². The predicted octanol–water partition coefficient (Wildman–Crippen LogP) is 3.79. The van der Waals surface area contributed by atoms with Crippen molar-refractivity contribution >= 4 is 17.5 Å². The van der Waals surface area contributed by atoms with Crippen molar-refractivity contribution in [2.75, 3.05) is 45.7 Å². The standard InChI is InChI=1S/C23H34F3N3O4/c1-6-21(30)27-17-7-8-19-18(11-17)22(31)28(4)13-20(32-5)15(2)12-29(16(3)14-33-19)10-9-23(24,25)26/h7-8,11,15-16,20H,6,9-10,12-14H2,1-5H3,(H,27,30)/t15-,16+,20-/m1/s1. The Morgan fingerprint density at radius 1 is 1.27 bits per heavy atom. The van der Waals surface area contributed by atoms with E-state index in [1.54, 1.807) is 44.0 Å². The van der Waals surface area contributed by atoms with Gasteiger partial charge in [0.2, 0.25) is 5.91 Å². The molecule has 0 fully saturated rings. The lowest BCUT2D eigenvalue weighted by atomic mass is 10.0. The molecular formula is C23H34F3N3O4. The molecule has 0 bridgehead atoms. The average Bonchev–Trinajstić information content (AvgIpc) is 2.76. The van der Waals surface area contributed by atoms with Gasteiger partial charge < -0.3 is 19.7 Å². The van der Waals surface area contributed by atoms with E-state index in [-0.39, 0.29) is 55.1 Å². The van der Waals surface area contributed by atoms with Gasteiger partial charge in [-0.3, -0.25) is 14.5 Å². The first-order valence-electron chi connectivity index (χ1n) is 11.1. The summed E-state index contributed by atoms with van der Waals surface area (Å²) in [5.41, 5.74) is 0.734. The van der Waals surface area contributed by atoms with E-state index in [0.717, 1.165) is 0 Å². The number of likely N-dealkylation sites (N-methyl/N-ethyl adjacent to an activating group) is 1. The van der Waals surface area contributed by atoms with Crippen molar-refractivity contribution in [3.8, 4) is 5.75 Å². The molecule has 0 aliphatic carbocycles. The quantitative estimate of drug-likeness (QED) is 0.705. The summed E-state index contributed by atoms with van der Waals surface area (Å²) in [6, 6.07) is 4.47. The first-order chi connectivity index (χ1) is 15.4. The minimum atomic E-state index is -4.26. The van der Waals surface area contributed by atoms with Crippen LogP contribution >= 0.6 is 0 Å². The van der Waals surface area contributed by atoms with E-state index >= 15 is 0 Å². The highest BCUT2D eigenvalue weighted by atomic mass is 19.4. The number of nitrogens with zero attached hydrogens (tertiary/aromatic N) is 2. The van der Waals surface area contributed by atoms with Gasteiger partial charge in [-0.2, -0.15) is 13.2 Å². The lowest BCUT2D eigenvalue weighted by Crippen LogP contribution is -2.47. The Bertz CT molecular complexity index is 819. The third-order valence-electron chi connectivity index (χ3n) is 5.86. The molecule has 1 aliphatic heterocycles. The van der Waals surface area contributed by atoms with Crippen molar-refractivity contribution in [3.05, 3.63) is 23.8 Å². The number of anilines is 1. The second-order valence-corrected chi connectivity index (χ2v) is 8.57. The first kappa shape index (κ1) is 26.9. The van der Waals surface area contributed by atoms with Crippen LogP contribution in [0.25, 0.3) is 0 Å². The molecule has 0 saturated carbocycles. The second-order valence-electron chi connectivity index (χ2n) is 8.57. The molecule has 3 atom stereocenters. The highest BCUT2D eigenvalue weighted by Gasteiger charge is 2.32. The van der Waals surface area contributed by atoms with Crippen molar-refractivity contribution < 1.29 is 32.2 Å². The van der Waals surface area contributed by atoms with Crippen LogP contribution in [0.4, 0.5) is 18.9 Å². The SMILES string of the molecule is CCC(=O)Nc1ccc2c(c1)C(=O)N(C)C[C@@H](OC)[C@H](C)CN(CCC(F)(F)F)[C@@H](C)CO2. The molecule has 1 aromatic rings. The monoisotopic (exact) mass is 473 g/mol. The fourth-order valence-corrected chi connectivity index (χ4v) is 3.76. The van der Waals surface area contributed by atoms with E-state index < -0.39 is 12.6 Å². The summed E-state index contributed by atoms with van der Waals surface area (Å²) >= 11 is 0. The molecule has 7 nitrogen and oxygen atoms in total. The van der Waals surface area contributed by atoms with E-state index in [0.29, 0.717) is 24.4 Å². The number of hydrogen-bond acceptors (Lipinski definition) is 5. The van der Waals surface area contributed by atoms with Gasteiger partial charge in [-0.15, -0.1) is 0 Å². The van der Waals surface area contributed by atoms with Gasteiger partial charge in [0.25, 0.3) is 5.91 Å². The van der Waals surface area contributed by atoms with Gasteiger partial charge in [-0.05, 0) is 31.0 Å². The van der Waals surface area contributed by atoms with E-state index in [1.807, 2.05) is 6.92 Å². The van der Waals surface area contributed by atoms with Gasteiger partial charge >= 0.3 is 6.18 Å². The van der Waals surface area contributed by atoms with E-state index in [1.165, 1.54) is 12.0 Å². The van der Waals surface area contributed by atoms with Crippen molar-refractivity contribution in [3.63, 3.8) is 0 Å². The zero-order chi connectivity index (χ0) is 24.8. The smallest absolute Gasteiger partial charge is 0.390 e. The summed E-state index contributed by atoms with van der Waals surface area (Å²) in [5, 5.41) is 2.73. The molecule has 33 heavy (non-hydrogen) atoms. The lowest BCUT2D eigenvalue weighted by Gasteiger charge is -2.36. The molecule has 1 heterocycles. The van der Waals surface area contributed by atoms with Crippen LogP contribution in [0.5, 0.6) is 5.75 Å². The molecule has 186 valence electrons. The number of halogens is 3. The number of carbonyl (C=O) groups excluding carboxylic acids is 2. The summed E-state index contributed by atoms with van der Waals surface area (Å²) in [7, 11) is 3.17. The van der Waals surface area contributed by atoms with E-state index in [2.05, 4.69) is 5.32 Å². The molecule has 1 aromatic carbocycles. The van der Waals surface area contributed by atoms with Crippen LogP contribution in [0.3, 0.4) is 0 Å². The normalized spacial score (nSPS) is 23.2. The molecule has 0 unspecified atom stereocenters. The number of ether oxygens (including phenoxy) is 2. The number of benzene rings is 1. The van der Waals surface area contributed by atoms with Crippen LogP contribution in [0.15, 0.2) is 18.2 Å². The zero-order valence-electron chi connectivity index (χ0n) is 19.9. The van der Waals surface area contributed by atoms with Crippen molar-refractivity contribution in [2.24, 2.45) is 5.92 Å². The number of rotatable bonds is 5. The highest BCUT2D eigenvalue weighted by Crippen LogP contribution is 2.27. The Labute approximate surface area is 193 Å². The Kier molecular flexibility index (Phi) is 9.54. The number of hydrogen-bond donors (Lipinski definition) is 1. The molecule has 2 amide bonds. The minimum absolute atomic E-state index is 0.104. The Morgan fingerprint density at radius 2 is 1.97 bits per heavy atom. The number of nitrogens with one attached hydrogen (secondary N) is 1. The summed E-state index contributed by atoms with van der Waals surface area (Å²) in [5.74, 6) is -0.303. The average molecular weight is 474 g/mol. The van der Waals surface area contributed by atoms with Crippen LogP contribution < -0.4 is 10.1 Å². The van der Waals surface area contributed by atoms with Crippen LogP contribution in [0.2, 0.25) is 0 Å². The van der Waals surface area contributed by atoms with Crippen LogP contribution in [0, 0.1) is 5.92 Å². The Hall–Kier alpha value is -2.33. The minimum Gasteiger partial charge on any atom is -0.491 e. The van der Waals surface area contributed by atoms with Crippen LogP contribution in [0.1, 0.15) is 44.0 Å². The zero-order valence-corrected chi connectivity index (χ0v) is 19.9. The van der Waals surface area contributed by atoms with Crippen molar-refractivity contribution in [1.29, 1.82) is 0 Å². The topological polar surface area (TPSA) is 71.1 Å². The fourth-order valence-electron chi connectivity index (χ4n) is 3.76. The molecule has 1 N–H and O–H groups in total. The fraction of sp³-hybridized carbons (Fsp3) is 0.652. The first-order valence-corrected chi connectivity index (χ1v) is 11.1. The van der Waals surface area contributed by atoms with Gasteiger partial charge in [0.05, 0.1) is 18.1 Å². The highest BCUT2D eigenvalue weighted by molar-refractivity contribution is 5.99. The second kappa shape index (κ2) is 11.7. The molecule has 10 heteroatoms. The molecule has 1 aliphatic rings. The van der Waals surface area contributed by atoms with Crippen molar-refractivity contribution in [2.45, 2.75) is 51.9 Å². The van der Waals surface area contributed by atoms with Gasteiger partial charge in [0.15, 0.2) is 0 Å².